The van der Waals surface area contributed by atoms with Gasteiger partial charge in [-0.15, -0.1) is 11.3 Å². The lowest BCUT2D eigenvalue weighted by Gasteiger charge is -2.25. The predicted octanol–water partition coefficient (Wildman–Crippen LogP) is 1.32. The van der Waals surface area contributed by atoms with Crippen molar-refractivity contribution in [3.8, 4) is 11.3 Å². The highest BCUT2D eigenvalue weighted by molar-refractivity contribution is 7.14. The van der Waals surface area contributed by atoms with E-state index in [4.69, 9.17) is 0 Å². The summed E-state index contributed by atoms with van der Waals surface area (Å²) < 4.78 is 12.9. The van der Waals surface area contributed by atoms with E-state index in [2.05, 4.69) is 15.6 Å². The van der Waals surface area contributed by atoms with Gasteiger partial charge in [0.25, 0.3) is 0 Å². The second-order valence-corrected chi connectivity index (χ2v) is 6.01. The van der Waals surface area contributed by atoms with Gasteiger partial charge in [0.15, 0.2) is 5.13 Å². The number of piperazine rings is 1. The van der Waals surface area contributed by atoms with Crippen molar-refractivity contribution < 1.29 is 14.0 Å². The van der Waals surface area contributed by atoms with Gasteiger partial charge in [-0.05, 0) is 24.3 Å². The Hall–Kier alpha value is -2.32. The minimum absolute atomic E-state index is 0.0723. The maximum absolute atomic E-state index is 12.9. The first-order valence-electron chi connectivity index (χ1n) is 7.10. The molecule has 6 nitrogen and oxygen atoms in total. The molecular formula is C15H15FN4O2S. The number of rotatable bonds is 4. The Morgan fingerprint density at radius 2 is 2.17 bits per heavy atom. The first-order valence-corrected chi connectivity index (χ1v) is 7.98. The molecule has 0 radical (unpaired) electrons. The van der Waals surface area contributed by atoms with Crippen molar-refractivity contribution in [2.75, 3.05) is 31.5 Å². The summed E-state index contributed by atoms with van der Waals surface area (Å²) in [5.41, 5.74) is 1.47. The zero-order valence-electron chi connectivity index (χ0n) is 12.2. The number of thiazole rings is 1. The molecule has 3 rings (SSSR count). The Kier molecular flexibility index (Phi) is 4.63. The Bertz CT molecular complexity index is 717. The van der Waals surface area contributed by atoms with Crippen molar-refractivity contribution in [3.05, 3.63) is 35.5 Å². The molecule has 2 aromatic rings. The van der Waals surface area contributed by atoms with E-state index in [0.717, 1.165) is 5.56 Å². The molecule has 0 spiro atoms. The molecule has 1 aromatic carbocycles. The maximum atomic E-state index is 12.9. The van der Waals surface area contributed by atoms with Gasteiger partial charge in [0.2, 0.25) is 11.8 Å². The fraction of sp³-hybridized carbons (Fsp3) is 0.267. The standard InChI is InChI=1S/C15H15FN4O2S/c16-11-3-1-10(2-4-11)12-9-23-15(18-12)19-14(22)8-20-6-5-17-13(21)7-20/h1-4,9H,5-8H2,(H,17,21)(H,18,19,22). The van der Waals surface area contributed by atoms with Crippen molar-refractivity contribution in [2.24, 2.45) is 0 Å². The highest BCUT2D eigenvalue weighted by atomic mass is 32.1. The molecule has 8 heteroatoms. The topological polar surface area (TPSA) is 74.3 Å². The van der Waals surface area contributed by atoms with Gasteiger partial charge in [0.1, 0.15) is 5.82 Å². The Labute approximate surface area is 136 Å². The summed E-state index contributed by atoms with van der Waals surface area (Å²) in [6, 6.07) is 6.02. The third-order valence-corrected chi connectivity index (χ3v) is 4.13. The molecule has 0 bridgehead atoms. The van der Waals surface area contributed by atoms with Crippen LogP contribution in [0.3, 0.4) is 0 Å². The smallest absolute Gasteiger partial charge is 0.240 e. The van der Waals surface area contributed by atoms with E-state index >= 15 is 0 Å². The monoisotopic (exact) mass is 334 g/mol. The van der Waals surface area contributed by atoms with Crippen LogP contribution in [-0.4, -0.2) is 47.9 Å². The first-order chi connectivity index (χ1) is 11.1. The fourth-order valence-electron chi connectivity index (χ4n) is 2.27. The molecule has 120 valence electrons. The van der Waals surface area contributed by atoms with E-state index in [9.17, 15) is 14.0 Å². The number of anilines is 1. The summed E-state index contributed by atoms with van der Waals surface area (Å²) in [7, 11) is 0. The maximum Gasteiger partial charge on any atom is 0.240 e. The molecule has 0 aliphatic carbocycles. The second-order valence-electron chi connectivity index (χ2n) is 5.15. The van der Waals surface area contributed by atoms with Gasteiger partial charge in [0.05, 0.1) is 18.8 Å². The van der Waals surface area contributed by atoms with E-state index in [1.165, 1.54) is 23.5 Å². The normalized spacial score (nSPS) is 15.3. The lowest BCUT2D eigenvalue weighted by molar-refractivity contribution is -0.125. The molecule has 1 saturated heterocycles. The van der Waals surface area contributed by atoms with Gasteiger partial charge in [-0.3, -0.25) is 14.5 Å². The summed E-state index contributed by atoms with van der Waals surface area (Å²) in [5, 5.41) is 7.72. The van der Waals surface area contributed by atoms with Crippen LogP contribution in [-0.2, 0) is 9.59 Å². The minimum atomic E-state index is -0.303. The van der Waals surface area contributed by atoms with Crippen LogP contribution in [0.1, 0.15) is 0 Å². The number of halogens is 1. The number of amides is 2. The quantitative estimate of drug-likeness (QED) is 0.884. The molecule has 0 saturated carbocycles. The molecule has 1 aliphatic rings. The van der Waals surface area contributed by atoms with E-state index in [-0.39, 0.29) is 30.7 Å². The van der Waals surface area contributed by atoms with Gasteiger partial charge in [-0.25, -0.2) is 9.37 Å². The van der Waals surface area contributed by atoms with Gasteiger partial charge < -0.3 is 10.6 Å². The average molecular weight is 334 g/mol. The average Bonchev–Trinajstić information content (AvgIpc) is 2.96. The van der Waals surface area contributed by atoms with Gasteiger partial charge in [0, 0.05) is 24.0 Å². The molecule has 0 unspecified atom stereocenters. The summed E-state index contributed by atoms with van der Waals surface area (Å²) in [6.45, 7) is 1.58. The number of nitrogens with zero attached hydrogens (tertiary/aromatic N) is 2. The number of hydrogen-bond acceptors (Lipinski definition) is 5. The molecule has 1 aliphatic heterocycles. The number of carbonyl (C=O) groups is 2. The van der Waals surface area contributed by atoms with Crippen LogP contribution in [0.5, 0.6) is 0 Å². The third kappa shape index (κ3) is 4.11. The van der Waals surface area contributed by atoms with E-state index < -0.39 is 0 Å². The van der Waals surface area contributed by atoms with Crippen LogP contribution in [0, 0.1) is 5.82 Å². The molecule has 2 N–H and O–H groups in total. The largest absolute Gasteiger partial charge is 0.354 e. The van der Waals surface area contributed by atoms with Crippen molar-refractivity contribution in [3.63, 3.8) is 0 Å². The summed E-state index contributed by atoms with van der Waals surface area (Å²) >= 11 is 1.30. The lowest BCUT2D eigenvalue weighted by Crippen LogP contribution is -2.49. The van der Waals surface area contributed by atoms with Gasteiger partial charge in [-0.1, -0.05) is 0 Å². The van der Waals surface area contributed by atoms with Crippen LogP contribution < -0.4 is 10.6 Å². The van der Waals surface area contributed by atoms with Crippen molar-refractivity contribution in [2.45, 2.75) is 0 Å². The summed E-state index contributed by atoms with van der Waals surface area (Å²) in [6.07, 6.45) is 0. The molecule has 2 heterocycles. The molecule has 2 amide bonds. The molecule has 1 fully saturated rings. The predicted molar refractivity (Wildman–Crippen MR) is 85.6 cm³/mol. The van der Waals surface area contributed by atoms with Crippen molar-refractivity contribution in [1.29, 1.82) is 0 Å². The molecule has 1 aromatic heterocycles. The summed E-state index contributed by atoms with van der Waals surface area (Å²) in [5.74, 6) is -0.584. The van der Waals surface area contributed by atoms with Crippen LogP contribution in [0.25, 0.3) is 11.3 Å². The van der Waals surface area contributed by atoms with Crippen molar-refractivity contribution in [1.82, 2.24) is 15.2 Å². The van der Waals surface area contributed by atoms with Crippen LogP contribution in [0.15, 0.2) is 29.6 Å². The SMILES string of the molecule is O=C1CN(CC(=O)Nc2nc(-c3ccc(F)cc3)cs2)CCN1. The zero-order chi connectivity index (χ0) is 16.2. The molecule has 23 heavy (non-hydrogen) atoms. The molecular weight excluding hydrogens is 319 g/mol. The molecule has 0 atom stereocenters. The van der Waals surface area contributed by atoms with Crippen LogP contribution >= 0.6 is 11.3 Å². The number of hydrogen-bond donors (Lipinski definition) is 2. The number of carbonyl (C=O) groups excluding carboxylic acids is 2. The van der Waals surface area contributed by atoms with Gasteiger partial charge >= 0.3 is 0 Å². The highest BCUT2D eigenvalue weighted by Crippen LogP contribution is 2.24. The Morgan fingerprint density at radius 1 is 1.39 bits per heavy atom. The Morgan fingerprint density at radius 3 is 2.91 bits per heavy atom. The van der Waals surface area contributed by atoms with Crippen LogP contribution in [0.2, 0.25) is 0 Å². The van der Waals surface area contributed by atoms with Gasteiger partial charge in [-0.2, -0.15) is 0 Å². The van der Waals surface area contributed by atoms with Crippen LogP contribution in [0.4, 0.5) is 9.52 Å². The minimum Gasteiger partial charge on any atom is -0.354 e. The highest BCUT2D eigenvalue weighted by Gasteiger charge is 2.19. The fourth-order valence-corrected chi connectivity index (χ4v) is 3.01. The second kappa shape index (κ2) is 6.84. The summed E-state index contributed by atoms with van der Waals surface area (Å²) in [4.78, 5) is 29.4. The number of benzene rings is 1. The lowest BCUT2D eigenvalue weighted by atomic mass is 10.2. The van der Waals surface area contributed by atoms with E-state index in [0.29, 0.717) is 23.9 Å². The Balaban J connectivity index is 1.59. The number of aromatic nitrogens is 1. The first kappa shape index (κ1) is 15.6. The zero-order valence-corrected chi connectivity index (χ0v) is 13.0. The third-order valence-electron chi connectivity index (χ3n) is 3.38. The number of nitrogens with one attached hydrogen (secondary N) is 2. The van der Waals surface area contributed by atoms with Crippen molar-refractivity contribution >= 4 is 28.3 Å². The van der Waals surface area contributed by atoms with E-state index in [1.54, 1.807) is 22.4 Å². The van der Waals surface area contributed by atoms with E-state index in [1.807, 2.05) is 0 Å².